The monoisotopic (exact) mass is 239 g/mol. The highest BCUT2D eigenvalue weighted by molar-refractivity contribution is 5.25. The molecule has 0 bridgehead atoms. The summed E-state index contributed by atoms with van der Waals surface area (Å²) in [5, 5.41) is 18.0. The van der Waals surface area contributed by atoms with Crippen molar-refractivity contribution in [1.29, 1.82) is 10.5 Å². The van der Waals surface area contributed by atoms with Gasteiger partial charge in [-0.25, -0.2) is 0 Å². The number of rotatable bonds is 6. The van der Waals surface area contributed by atoms with Gasteiger partial charge in [0.05, 0.1) is 18.1 Å². The van der Waals surface area contributed by atoms with Crippen molar-refractivity contribution in [2.75, 3.05) is 13.1 Å². The lowest BCUT2D eigenvalue weighted by Gasteiger charge is -2.23. The molecule has 1 unspecified atom stereocenters. The summed E-state index contributed by atoms with van der Waals surface area (Å²) in [5.41, 5.74) is 1.07. The summed E-state index contributed by atoms with van der Waals surface area (Å²) >= 11 is 0. The standard InChI is InChI=1S/C15H17N3/c16-9-4-10-18(15-7-8-15)12-14(11-17)13-5-2-1-3-6-13/h1-3,5-6,14-15H,4,7-8,10,12H2. The van der Waals surface area contributed by atoms with E-state index in [1.165, 1.54) is 12.8 Å². The zero-order valence-corrected chi connectivity index (χ0v) is 10.4. The molecule has 1 aliphatic rings. The van der Waals surface area contributed by atoms with Crippen molar-refractivity contribution in [2.24, 2.45) is 0 Å². The molecule has 1 aromatic carbocycles. The molecule has 1 fully saturated rings. The third kappa shape index (κ3) is 3.32. The zero-order valence-electron chi connectivity index (χ0n) is 10.4. The van der Waals surface area contributed by atoms with Gasteiger partial charge in [0.15, 0.2) is 0 Å². The van der Waals surface area contributed by atoms with Crippen molar-refractivity contribution in [3.63, 3.8) is 0 Å². The lowest BCUT2D eigenvalue weighted by molar-refractivity contribution is 0.264. The Morgan fingerprint density at radius 2 is 1.94 bits per heavy atom. The predicted molar refractivity (Wildman–Crippen MR) is 69.6 cm³/mol. The minimum absolute atomic E-state index is 0.0921. The van der Waals surface area contributed by atoms with Gasteiger partial charge < -0.3 is 0 Å². The number of nitriles is 2. The highest BCUT2D eigenvalue weighted by Crippen LogP contribution is 2.29. The zero-order chi connectivity index (χ0) is 12.8. The number of benzene rings is 1. The van der Waals surface area contributed by atoms with Gasteiger partial charge >= 0.3 is 0 Å². The van der Waals surface area contributed by atoms with Gasteiger partial charge in [-0.1, -0.05) is 30.3 Å². The summed E-state index contributed by atoms with van der Waals surface area (Å²) in [6, 6.07) is 15.1. The van der Waals surface area contributed by atoms with Gasteiger partial charge in [0.2, 0.25) is 0 Å². The molecule has 0 aliphatic heterocycles. The first kappa shape index (κ1) is 12.6. The molecule has 1 atom stereocenters. The maximum Gasteiger partial charge on any atom is 0.0839 e. The van der Waals surface area contributed by atoms with E-state index in [1.54, 1.807) is 0 Å². The first-order valence-electron chi connectivity index (χ1n) is 6.40. The second kappa shape index (κ2) is 6.19. The average molecular weight is 239 g/mol. The minimum atomic E-state index is -0.0921. The Labute approximate surface area is 108 Å². The van der Waals surface area contributed by atoms with Crippen LogP contribution in [0.15, 0.2) is 30.3 Å². The van der Waals surface area contributed by atoms with Crippen molar-refractivity contribution in [2.45, 2.75) is 31.2 Å². The smallest absolute Gasteiger partial charge is 0.0839 e. The fourth-order valence-electron chi connectivity index (χ4n) is 2.20. The predicted octanol–water partition coefficient (Wildman–Crippen LogP) is 2.67. The van der Waals surface area contributed by atoms with E-state index in [2.05, 4.69) is 17.0 Å². The van der Waals surface area contributed by atoms with Crippen molar-refractivity contribution in [3.05, 3.63) is 35.9 Å². The van der Waals surface area contributed by atoms with Crippen LogP contribution in [0.25, 0.3) is 0 Å². The molecular weight excluding hydrogens is 222 g/mol. The second-order valence-electron chi connectivity index (χ2n) is 4.73. The highest BCUT2D eigenvalue weighted by Gasteiger charge is 2.30. The Morgan fingerprint density at radius 1 is 1.22 bits per heavy atom. The topological polar surface area (TPSA) is 50.8 Å². The van der Waals surface area contributed by atoms with Gasteiger partial charge in [-0.3, -0.25) is 4.90 Å². The molecule has 2 rings (SSSR count). The van der Waals surface area contributed by atoms with Crippen LogP contribution in [-0.2, 0) is 0 Å². The Morgan fingerprint density at radius 3 is 2.50 bits per heavy atom. The minimum Gasteiger partial charge on any atom is -0.298 e. The Hall–Kier alpha value is -1.84. The van der Waals surface area contributed by atoms with Crippen molar-refractivity contribution >= 4 is 0 Å². The molecule has 0 spiro atoms. The summed E-state index contributed by atoms with van der Waals surface area (Å²) in [4.78, 5) is 2.30. The molecule has 1 aliphatic carbocycles. The van der Waals surface area contributed by atoms with E-state index in [4.69, 9.17) is 5.26 Å². The molecule has 0 aromatic heterocycles. The van der Waals surface area contributed by atoms with Crippen LogP contribution in [0.4, 0.5) is 0 Å². The quantitative estimate of drug-likeness (QED) is 0.766. The van der Waals surface area contributed by atoms with Crippen LogP contribution in [0.2, 0.25) is 0 Å². The molecule has 0 N–H and O–H groups in total. The van der Waals surface area contributed by atoms with E-state index in [-0.39, 0.29) is 5.92 Å². The second-order valence-corrected chi connectivity index (χ2v) is 4.73. The van der Waals surface area contributed by atoms with Crippen LogP contribution in [-0.4, -0.2) is 24.0 Å². The van der Waals surface area contributed by atoms with Gasteiger partial charge in [-0.2, -0.15) is 10.5 Å². The molecule has 0 amide bonds. The van der Waals surface area contributed by atoms with Crippen LogP contribution in [0.3, 0.4) is 0 Å². The Bertz CT molecular complexity index is 451. The SMILES string of the molecule is N#CCCN(CC(C#N)c1ccccc1)C1CC1. The van der Waals surface area contributed by atoms with Crippen LogP contribution < -0.4 is 0 Å². The van der Waals surface area contributed by atoms with Crippen molar-refractivity contribution < 1.29 is 0 Å². The average Bonchev–Trinajstić information content (AvgIpc) is 3.25. The first-order chi connectivity index (χ1) is 8.85. The third-order valence-electron chi connectivity index (χ3n) is 3.35. The fourth-order valence-corrected chi connectivity index (χ4v) is 2.20. The van der Waals surface area contributed by atoms with Crippen molar-refractivity contribution in [1.82, 2.24) is 4.90 Å². The molecule has 92 valence electrons. The van der Waals surface area contributed by atoms with Gasteiger partial charge in [0.25, 0.3) is 0 Å². The van der Waals surface area contributed by atoms with Crippen LogP contribution in [0.1, 0.15) is 30.7 Å². The Balaban J connectivity index is 2.00. The molecule has 0 saturated heterocycles. The normalized spacial score (nSPS) is 15.9. The number of hydrogen-bond acceptors (Lipinski definition) is 3. The lowest BCUT2D eigenvalue weighted by atomic mass is 10.00. The molecule has 0 radical (unpaired) electrons. The maximum absolute atomic E-state index is 9.31. The van der Waals surface area contributed by atoms with Crippen LogP contribution in [0.5, 0.6) is 0 Å². The van der Waals surface area contributed by atoms with Crippen LogP contribution >= 0.6 is 0 Å². The maximum atomic E-state index is 9.31. The molecule has 0 heterocycles. The third-order valence-corrected chi connectivity index (χ3v) is 3.35. The van der Waals surface area contributed by atoms with E-state index in [0.717, 1.165) is 18.7 Å². The van der Waals surface area contributed by atoms with E-state index in [9.17, 15) is 5.26 Å². The summed E-state index contributed by atoms with van der Waals surface area (Å²) in [7, 11) is 0. The van der Waals surface area contributed by atoms with E-state index in [0.29, 0.717) is 12.5 Å². The van der Waals surface area contributed by atoms with Gasteiger partial charge in [-0.05, 0) is 18.4 Å². The largest absolute Gasteiger partial charge is 0.298 e. The van der Waals surface area contributed by atoms with Crippen LogP contribution in [0, 0.1) is 22.7 Å². The first-order valence-corrected chi connectivity index (χ1v) is 6.40. The van der Waals surface area contributed by atoms with Gasteiger partial charge in [-0.15, -0.1) is 0 Å². The summed E-state index contributed by atoms with van der Waals surface area (Å²) in [5.74, 6) is -0.0921. The summed E-state index contributed by atoms with van der Waals surface area (Å²) < 4.78 is 0. The molecular formula is C15H17N3. The van der Waals surface area contributed by atoms with E-state index < -0.39 is 0 Å². The van der Waals surface area contributed by atoms with Gasteiger partial charge in [0, 0.05) is 25.6 Å². The highest BCUT2D eigenvalue weighted by atomic mass is 15.2. The molecule has 3 heteroatoms. The van der Waals surface area contributed by atoms with Gasteiger partial charge in [0.1, 0.15) is 0 Å². The van der Waals surface area contributed by atoms with E-state index >= 15 is 0 Å². The fraction of sp³-hybridized carbons (Fsp3) is 0.467. The Kier molecular flexibility index (Phi) is 4.34. The number of nitrogens with zero attached hydrogens (tertiary/aromatic N) is 3. The van der Waals surface area contributed by atoms with Crippen molar-refractivity contribution in [3.8, 4) is 12.1 Å². The molecule has 1 saturated carbocycles. The van der Waals surface area contributed by atoms with E-state index in [1.807, 2.05) is 30.3 Å². The molecule has 1 aromatic rings. The summed E-state index contributed by atoms with van der Waals surface area (Å²) in [6.45, 7) is 1.53. The molecule has 3 nitrogen and oxygen atoms in total. The number of hydrogen-bond donors (Lipinski definition) is 0. The lowest BCUT2D eigenvalue weighted by Crippen LogP contribution is -2.31. The molecule has 18 heavy (non-hydrogen) atoms. The summed E-state index contributed by atoms with van der Waals surface area (Å²) in [6.07, 6.45) is 2.96.